The van der Waals surface area contributed by atoms with E-state index in [2.05, 4.69) is 20.8 Å². The van der Waals surface area contributed by atoms with Gasteiger partial charge in [0, 0.05) is 13.2 Å². The lowest BCUT2D eigenvalue weighted by Crippen LogP contribution is -2.33. The van der Waals surface area contributed by atoms with Crippen LogP contribution in [0.4, 0.5) is 0 Å². The zero-order valence-electron chi connectivity index (χ0n) is 14.1. The summed E-state index contributed by atoms with van der Waals surface area (Å²) < 4.78 is 17.1. The van der Waals surface area contributed by atoms with Crippen LogP contribution in [0.5, 0.6) is 0 Å². The fraction of sp³-hybridized carbons (Fsp3) is 1.00. The fourth-order valence-corrected chi connectivity index (χ4v) is 2.53. The second-order valence-corrected chi connectivity index (χ2v) is 6.42. The Balaban J connectivity index is 2.23. The van der Waals surface area contributed by atoms with Gasteiger partial charge in [0.1, 0.15) is 0 Å². The van der Waals surface area contributed by atoms with Crippen LogP contribution in [0.15, 0.2) is 0 Å². The monoisotopic (exact) mass is 302 g/mol. The number of aliphatic hydroxyl groups excluding tert-OH is 1. The Bertz CT molecular complexity index is 239. The molecule has 21 heavy (non-hydrogen) atoms. The molecule has 0 aromatic heterocycles. The largest absolute Gasteiger partial charge is 0.390 e. The minimum atomic E-state index is -0.451. The van der Waals surface area contributed by atoms with E-state index >= 15 is 0 Å². The van der Waals surface area contributed by atoms with Gasteiger partial charge in [-0.2, -0.15) is 0 Å². The van der Waals surface area contributed by atoms with E-state index in [-0.39, 0.29) is 12.4 Å². The van der Waals surface area contributed by atoms with Gasteiger partial charge in [-0.3, -0.25) is 0 Å². The summed E-state index contributed by atoms with van der Waals surface area (Å²) in [7, 11) is 0. The summed E-state index contributed by atoms with van der Waals surface area (Å²) in [5, 5.41) is 10.3. The normalized spacial score (nSPS) is 22.4. The van der Waals surface area contributed by atoms with Crippen molar-refractivity contribution in [2.75, 3.05) is 19.8 Å². The Labute approximate surface area is 130 Å². The van der Waals surface area contributed by atoms with Crippen LogP contribution in [0, 0.1) is 5.92 Å². The summed E-state index contributed by atoms with van der Waals surface area (Å²) in [5.41, 5.74) is 0. The van der Waals surface area contributed by atoms with Crippen LogP contribution < -0.4 is 0 Å². The predicted molar refractivity (Wildman–Crippen MR) is 84.3 cm³/mol. The zero-order valence-corrected chi connectivity index (χ0v) is 14.1. The van der Waals surface area contributed by atoms with Crippen molar-refractivity contribution in [3.05, 3.63) is 0 Å². The van der Waals surface area contributed by atoms with Crippen LogP contribution in [0.3, 0.4) is 0 Å². The molecule has 0 radical (unpaired) electrons. The van der Waals surface area contributed by atoms with Crippen molar-refractivity contribution in [1.82, 2.24) is 0 Å². The van der Waals surface area contributed by atoms with E-state index in [0.717, 1.165) is 45.3 Å². The average Bonchev–Trinajstić information content (AvgIpc) is 2.47. The van der Waals surface area contributed by atoms with Crippen molar-refractivity contribution in [3.63, 3.8) is 0 Å². The molecule has 1 fully saturated rings. The van der Waals surface area contributed by atoms with E-state index < -0.39 is 6.10 Å². The molecule has 0 amide bonds. The summed E-state index contributed by atoms with van der Waals surface area (Å²) >= 11 is 0. The summed E-state index contributed by atoms with van der Waals surface area (Å²) in [4.78, 5) is 0. The van der Waals surface area contributed by atoms with Gasteiger partial charge in [-0.1, -0.05) is 27.2 Å². The van der Waals surface area contributed by atoms with Gasteiger partial charge in [-0.25, -0.2) is 0 Å². The highest BCUT2D eigenvalue weighted by Gasteiger charge is 2.22. The van der Waals surface area contributed by atoms with E-state index in [0.29, 0.717) is 18.9 Å². The van der Waals surface area contributed by atoms with Crippen molar-refractivity contribution < 1.29 is 19.3 Å². The number of unbranched alkanes of at least 4 members (excludes halogenated alkanes) is 1. The molecule has 1 aliphatic rings. The SMILES string of the molecule is CCCCO[C@H](CC(C)C)[C@@H](O)CCOC1CCCCO1. The van der Waals surface area contributed by atoms with Gasteiger partial charge < -0.3 is 19.3 Å². The van der Waals surface area contributed by atoms with Gasteiger partial charge in [-0.15, -0.1) is 0 Å². The predicted octanol–water partition coefficient (Wildman–Crippen LogP) is 3.51. The summed E-state index contributed by atoms with van der Waals surface area (Å²) in [6, 6.07) is 0. The van der Waals surface area contributed by atoms with Gasteiger partial charge in [0.05, 0.1) is 18.8 Å². The van der Waals surface area contributed by atoms with Gasteiger partial charge in [0.15, 0.2) is 6.29 Å². The highest BCUT2D eigenvalue weighted by molar-refractivity contribution is 4.71. The van der Waals surface area contributed by atoms with Crippen molar-refractivity contribution in [3.8, 4) is 0 Å². The molecule has 0 aliphatic carbocycles. The van der Waals surface area contributed by atoms with E-state index in [1.807, 2.05) is 0 Å². The molecule has 1 heterocycles. The molecule has 0 aromatic rings. The quantitative estimate of drug-likeness (QED) is 0.593. The summed E-state index contributed by atoms with van der Waals surface area (Å²) in [5.74, 6) is 0.522. The maximum absolute atomic E-state index is 10.3. The molecule has 0 spiro atoms. The molecule has 0 saturated carbocycles. The second kappa shape index (κ2) is 11.4. The molecule has 1 N–H and O–H groups in total. The molecular formula is C17H34O4. The molecule has 0 bridgehead atoms. The summed E-state index contributed by atoms with van der Waals surface area (Å²) in [6.45, 7) is 8.54. The first-order valence-corrected chi connectivity index (χ1v) is 8.66. The van der Waals surface area contributed by atoms with Crippen molar-refractivity contribution >= 4 is 0 Å². The van der Waals surface area contributed by atoms with E-state index in [1.165, 1.54) is 6.42 Å². The zero-order chi connectivity index (χ0) is 15.5. The van der Waals surface area contributed by atoms with Crippen LogP contribution in [-0.4, -0.2) is 43.4 Å². The third kappa shape index (κ3) is 8.77. The molecule has 1 rings (SSSR count). The van der Waals surface area contributed by atoms with Crippen LogP contribution in [0.25, 0.3) is 0 Å². The van der Waals surface area contributed by atoms with Crippen molar-refractivity contribution in [1.29, 1.82) is 0 Å². The molecule has 1 unspecified atom stereocenters. The third-order valence-electron chi connectivity index (χ3n) is 3.82. The minimum absolute atomic E-state index is 0.0736. The number of aliphatic hydroxyl groups is 1. The molecular weight excluding hydrogens is 268 g/mol. The fourth-order valence-electron chi connectivity index (χ4n) is 2.53. The van der Waals surface area contributed by atoms with Gasteiger partial charge in [0.2, 0.25) is 0 Å². The van der Waals surface area contributed by atoms with Crippen LogP contribution in [0.2, 0.25) is 0 Å². The topological polar surface area (TPSA) is 47.9 Å². The highest BCUT2D eigenvalue weighted by atomic mass is 16.7. The average molecular weight is 302 g/mol. The first-order valence-electron chi connectivity index (χ1n) is 8.66. The Kier molecular flexibility index (Phi) is 10.3. The van der Waals surface area contributed by atoms with Gasteiger partial charge >= 0.3 is 0 Å². The number of hydrogen-bond donors (Lipinski definition) is 1. The molecule has 126 valence electrons. The first-order chi connectivity index (χ1) is 10.1. The Morgan fingerprint density at radius 2 is 2.05 bits per heavy atom. The number of rotatable bonds is 11. The standard InChI is InChI=1S/C17H34O4/c1-4-5-10-19-16(13-14(2)3)15(18)9-12-21-17-8-6-7-11-20-17/h14-18H,4-13H2,1-3H3/t15-,16+,17?/m0/s1. The minimum Gasteiger partial charge on any atom is -0.390 e. The Morgan fingerprint density at radius 3 is 2.67 bits per heavy atom. The third-order valence-corrected chi connectivity index (χ3v) is 3.82. The lowest BCUT2D eigenvalue weighted by molar-refractivity contribution is -0.168. The number of ether oxygens (including phenoxy) is 3. The molecule has 0 aromatic carbocycles. The van der Waals surface area contributed by atoms with Crippen LogP contribution >= 0.6 is 0 Å². The van der Waals surface area contributed by atoms with Crippen LogP contribution in [0.1, 0.15) is 65.7 Å². The first kappa shape index (κ1) is 18.9. The molecule has 1 aliphatic heterocycles. The lowest BCUT2D eigenvalue weighted by Gasteiger charge is -2.27. The van der Waals surface area contributed by atoms with Gasteiger partial charge in [-0.05, 0) is 44.4 Å². The van der Waals surface area contributed by atoms with E-state index in [4.69, 9.17) is 14.2 Å². The molecule has 1 saturated heterocycles. The van der Waals surface area contributed by atoms with E-state index in [1.54, 1.807) is 0 Å². The molecule has 4 nitrogen and oxygen atoms in total. The molecule has 3 atom stereocenters. The van der Waals surface area contributed by atoms with E-state index in [9.17, 15) is 5.11 Å². The van der Waals surface area contributed by atoms with Crippen molar-refractivity contribution in [2.45, 2.75) is 84.2 Å². The second-order valence-electron chi connectivity index (χ2n) is 6.42. The Hall–Kier alpha value is -0.160. The summed E-state index contributed by atoms with van der Waals surface area (Å²) in [6.07, 6.45) is 6.34. The smallest absolute Gasteiger partial charge is 0.157 e. The Morgan fingerprint density at radius 1 is 1.24 bits per heavy atom. The molecule has 4 heteroatoms. The van der Waals surface area contributed by atoms with Crippen LogP contribution in [-0.2, 0) is 14.2 Å². The van der Waals surface area contributed by atoms with Crippen molar-refractivity contribution in [2.24, 2.45) is 5.92 Å². The maximum atomic E-state index is 10.3. The lowest BCUT2D eigenvalue weighted by atomic mass is 10.00. The maximum Gasteiger partial charge on any atom is 0.157 e. The van der Waals surface area contributed by atoms with Gasteiger partial charge in [0.25, 0.3) is 0 Å². The highest BCUT2D eigenvalue weighted by Crippen LogP contribution is 2.17. The number of hydrogen-bond acceptors (Lipinski definition) is 4.